The van der Waals surface area contributed by atoms with Crippen LogP contribution in [0.2, 0.25) is 0 Å². The Bertz CT molecular complexity index is 376. The second-order valence-electron chi connectivity index (χ2n) is 5.13. The van der Waals surface area contributed by atoms with Crippen molar-refractivity contribution < 1.29 is 4.52 Å². The molecular formula is C12H19N3OS. The molecule has 2 fully saturated rings. The van der Waals surface area contributed by atoms with E-state index < -0.39 is 0 Å². The van der Waals surface area contributed by atoms with E-state index in [0.717, 1.165) is 30.6 Å². The first-order valence-corrected chi connectivity index (χ1v) is 7.56. The number of thioether (sulfide) groups is 1. The summed E-state index contributed by atoms with van der Waals surface area (Å²) in [5, 5.41) is 8.08. The van der Waals surface area contributed by atoms with Crippen LogP contribution in [0, 0.1) is 5.92 Å². The third-order valence-corrected chi connectivity index (χ3v) is 5.01. The number of nitrogens with one attached hydrogen (secondary N) is 1. The maximum Gasteiger partial charge on any atom is 0.243 e. The van der Waals surface area contributed by atoms with Crippen molar-refractivity contribution in [2.45, 2.75) is 43.9 Å². The van der Waals surface area contributed by atoms with Crippen molar-refractivity contribution in [2.24, 2.45) is 5.92 Å². The number of aromatic nitrogens is 2. The summed E-state index contributed by atoms with van der Waals surface area (Å²) < 4.78 is 5.43. The van der Waals surface area contributed by atoms with Crippen molar-refractivity contribution in [3.8, 4) is 0 Å². The Morgan fingerprint density at radius 1 is 1.41 bits per heavy atom. The predicted octanol–water partition coefficient (Wildman–Crippen LogP) is 2.70. The Morgan fingerprint density at radius 2 is 2.35 bits per heavy atom. The second-order valence-corrected chi connectivity index (χ2v) is 6.44. The highest BCUT2D eigenvalue weighted by Crippen LogP contribution is 2.38. The number of rotatable bonds is 2. The lowest BCUT2D eigenvalue weighted by Crippen LogP contribution is -2.30. The van der Waals surface area contributed by atoms with Crippen molar-refractivity contribution >= 4 is 11.8 Å². The van der Waals surface area contributed by atoms with Crippen LogP contribution in [0.25, 0.3) is 0 Å². The van der Waals surface area contributed by atoms with Crippen molar-refractivity contribution in [3.05, 3.63) is 11.7 Å². The molecule has 5 heteroatoms. The fourth-order valence-electron chi connectivity index (χ4n) is 2.60. The minimum Gasteiger partial charge on any atom is -0.338 e. The lowest BCUT2D eigenvalue weighted by molar-refractivity contribution is 0.259. The summed E-state index contributed by atoms with van der Waals surface area (Å²) >= 11 is 1.95. The van der Waals surface area contributed by atoms with Crippen LogP contribution in [0.3, 0.4) is 0 Å². The van der Waals surface area contributed by atoms with E-state index in [1.165, 1.54) is 25.0 Å². The number of nitrogens with zero attached hydrogens (tertiary/aromatic N) is 2. The van der Waals surface area contributed by atoms with Gasteiger partial charge in [0.2, 0.25) is 5.89 Å². The van der Waals surface area contributed by atoms with E-state index >= 15 is 0 Å². The van der Waals surface area contributed by atoms with E-state index in [4.69, 9.17) is 4.52 Å². The minimum atomic E-state index is 0.270. The van der Waals surface area contributed by atoms with Crippen molar-refractivity contribution in [2.75, 3.05) is 12.3 Å². The average Bonchev–Trinajstić information content (AvgIpc) is 3.00. The molecule has 2 saturated heterocycles. The van der Waals surface area contributed by atoms with Crippen LogP contribution in [-0.2, 0) is 0 Å². The summed E-state index contributed by atoms with van der Waals surface area (Å²) in [7, 11) is 0. The Hall–Kier alpha value is -0.550. The largest absolute Gasteiger partial charge is 0.338 e. The van der Waals surface area contributed by atoms with Crippen molar-refractivity contribution in [3.63, 3.8) is 0 Å². The third kappa shape index (κ3) is 2.50. The third-order valence-electron chi connectivity index (χ3n) is 3.64. The van der Waals surface area contributed by atoms with Gasteiger partial charge in [0.05, 0.1) is 11.3 Å². The molecule has 0 aromatic carbocycles. The summed E-state index contributed by atoms with van der Waals surface area (Å²) in [5.74, 6) is 3.67. The van der Waals surface area contributed by atoms with Gasteiger partial charge in [0.25, 0.3) is 0 Å². The van der Waals surface area contributed by atoms with E-state index in [2.05, 4.69) is 22.4 Å². The average molecular weight is 253 g/mol. The van der Waals surface area contributed by atoms with E-state index in [-0.39, 0.29) is 6.04 Å². The maximum absolute atomic E-state index is 5.43. The van der Waals surface area contributed by atoms with Gasteiger partial charge in [-0.25, -0.2) is 0 Å². The SMILES string of the molecule is CC1CCNC(c2nc(C3CCCS3)no2)C1. The predicted molar refractivity (Wildman–Crippen MR) is 67.9 cm³/mol. The van der Waals surface area contributed by atoms with Gasteiger partial charge in [-0.2, -0.15) is 16.7 Å². The zero-order chi connectivity index (χ0) is 11.7. The van der Waals surface area contributed by atoms with Gasteiger partial charge in [0.1, 0.15) is 0 Å². The molecular weight excluding hydrogens is 234 g/mol. The summed E-state index contributed by atoms with van der Waals surface area (Å²) in [6.45, 7) is 3.35. The Labute approximate surface area is 106 Å². The van der Waals surface area contributed by atoms with Crippen LogP contribution < -0.4 is 5.32 Å². The molecule has 3 atom stereocenters. The van der Waals surface area contributed by atoms with Gasteiger partial charge < -0.3 is 9.84 Å². The zero-order valence-electron chi connectivity index (χ0n) is 10.2. The van der Waals surface area contributed by atoms with Crippen LogP contribution in [-0.4, -0.2) is 22.4 Å². The molecule has 0 bridgehead atoms. The van der Waals surface area contributed by atoms with Gasteiger partial charge >= 0.3 is 0 Å². The van der Waals surface area contributed by atoms with Gasteiger partial charge in [-0.3, -0.25) is 0 Å². The molecule has 0 saturated carbocycles. The minimum absolute atomic E-state index is 0.270. The van der Waals surface area contributed by atoms with Crippen molar-refractivity contribution in [1.82, 2.24) is 15.5 Å². The van der Waals surface area contributed by atoms with Gasteiger partial charge in [-0.15, -0.1) is 0 Å². The summed E-state index contributed by atoms with van der Waals surface area (Å²) in [5.41, 5.74) is 0. The Kier molecular flexibility index (Phi) is 3.38. The van der Waals surface area contributed by atoms with E-state index in [0.29, 0.717) is 5.25 Å². The second kappa shape index (κ2) is 4.98. The molecule has 0 amide bonds. The number of hydrogen-bond donors (Lipinski definition) is 1. The molecule has 1 N–H and O–H groups in total. The highest BCUT2D eigenvalue weighted by molar-refractivity contribution is 7.99. The van der Waals surface area contributed by atoms with Crippen LogP contribution in [0.4, 0.5) is 0 Å². The number of hydrogen-bond acceptors (Lipinski definition) is 5. The lowest BCUT2D eigenvalue weighted by Gasteiger charge is -2.25. The number of piperidine rings is 1. The van der Waals surface area contributed by atoms with E-state index in [9.17, 15) is 0 Å². The molecule has 1 aromatic heterocycles. The first-order valence-electron chi connectivity index (χ1n) is 6.51. The molecule has 0 spiro atoms. The Morgan fingerprint density at radius 3 is 3.12 bits per heavy atom. The molecule has 0 radical (unpaired) electrons. The molecule has 94 valence electrons. The zero-order valence-corrected chi connectivity index (χ0v) is 11.0. The van der Waals surface area contributed by atoms with Gasteiger partial charge in [-0.05, 0) is 43.9 Å². The lowest BCUT2D eigenvalue weighted by atomic mass is 9.94. The molecule has 3 unspecified atom stereocenters. The van der Waals surface area contributed by atoms with E-state index in [1.54, 1.807) is 0 Å². The van der Waals surface area contributed by atoms with Gasteiger partial charge in [0.15, 0.2) is 5.82 Å². The van der Waals surface area contributed by atoms with Crippen molar-refractivity contribution in [1.29, 1.82) is 0 Å². The standard InChI is InChI=1S/C12H19N3OS/c1-8-4-5-13-9(7-8)12-14-11(15-16-12)10-3-2-6-17-10/h8-10,13H,2-7H2,1H3. The van der Waals surface area contributed by atoms with Crippen LogP contribution in [0.1, 0.15) is 55.6 Å². The normalized spacial score (nSPS) is 34.1. The fraction of sp³-hybridized carbons (Fsp3) is 0.833. The highest BCUT2D eigenvalue weighted by Gasteiger charge is 2.28. The smallest absolute Gasteiger partial charge is 0.243 e. The topological polar surface area (TPSA) is 51.0 Å². The molecule has 2 aliphatic rings. The molecule has 3 rings (SSSR count). The maximum atomic E-state index is 5.43. The first kappa shape index (κ1) is 11.5. The molecule has 4 nitrogen and oxygen atoms in total. The van der Waals surface area contributed by atoms with Gasteiger partial charge in [0, 0.05) is 0 Å². The molecule has 2 aliphatic heterocycles. The highest BCUT2D eigenvalue weighted by atomic mass is 32.2. The van der Waals surface area contributed by atoms with Crippen LogP contribution >= 0.6 is 11.8 Å². The quantitative estimate of drug-likeness (QED) is 0.878. The van der Waals surface area contributed by atoms with Gasteiger partial charge in [-0.1, -0.05) is 12.1 Å². The van der Waals surface area contributed by atoms with Crippen LogP contribution in [0.15, 0.2) is 4.52 Å². The first-order chi connectivity index (χ1) is 8.33. The summed E-state index contributed by atoms with van der Waals surface area (Å²) in [4.78, 5) is 4.59. The summed E-state index contributed by atoms with van der Waals surface area (Å²) in [6.07, 6.45) is 4.82. The molecule has 17 heavy (non-hydrogen) atoms. The molecule has 0 aliphatic carbocycles. The fourth-order valence-corrected chi connectivity index (χ4v) is 3.79. The van der Waals surface area contributed by atoms with Crippen LogP contribution in [0.5, 0.6) is 0 Å². The monoisotopic (exact) mass is 253 g/mol. The molecule has 1 aromatic rings. The molecule has 3 heterocycles. The van der Waals surface area contributed by atoms with E-state index in [1.807, 2.05) is 11.8 Å². The Balaban J connectivity index is 1.70. The summed E-state index contributed by atoms with van der Waals surface area (Å²) in [6, 6.07) is 0.270.